The minimum atomic E-state index is -0.424. The molecule has 0 N–H and O–H groups in total. The Hall–Kier alpha value is -1.26. The Morgan fingerprint density at radius 1 is 1.42 bits per heavy atom. The molecule has 0 aliphatic carbocycles. The second-order valence-corrected chi connectivity index (χ2v) is 5.37. The average Bonchev–Trinajstić information content (AvgIpc) is 2.72. The summed E-state index contributed by atoms with van der Waals surface area (Å²) in [4.78, 5) is 27.3. The molecule has 102 valence electrons. The molecule has 2 amide bonds. The zero-order chi connectivity index (χ0) is 14.2. The molecular weight excluding hydrogens is 287 g/mol. The van der Waals surface area contributed by atoms with Crippen LogP contribution in [-0.4, -0.2) is 48.3 Å². The summed E-state index contributed by atoms with van der Waals surface area (Å²) in [5.74, 6) is -0.338. The van der Waals surface area contributed by atoms with Gasteiger partial charge in [-0.05, 0) is 18.6 Å². The lowest BCUT2D eigenvalue weighted by molar-refractivity contribution is -0.130. The molecule has 1 aliphatic rings. The number of hydrogen-bond acceptors (Lipinski definition) is 2. The van der Waals surface area contributed by atoms with Crippen LogP contribution in [0.2, 0.25) is 10.0 Å². The van der Waals surface area contributed by atoms with Gasteiger partial charge in [0.15, 0.2) is 0 Å². The largest absolute Gasteiger partial charge is 0.344 e. The van der Waals surface area contributed by atoms with E-state index in [1.807, 2.05) is 0 Å². The number of likely N-dealkylation sites (tertiary alicyclic amines) is 1. The molecule has 0 spiro atoms. The third kappa shape index (κ3) is 2.55. The quantitative estimate of drug-likeness (QED) is 0.841. The average molecular weight is 301 g/mol. The Kier molecular flexibility index (Phi) is 4.02. The topological polar surface area (TPSA) is 40.6 Å². The number of benzene rings is 1. The highest BCUT2D eigenvalue weighted by Gasteiger charge is 2.35. The molecule has 1 aliphatic heterocycles. The molecular formula is C13H14Cl2N2O2. The molecule has 0 radical (unpaired) electrons. The molecule has 1 heterocycles. The van der Waals surface area contributed by atoms with Crippen LogP contribution in [0.3, 0.4) is 0 Å². The number of carbonyl (C=O) groups is 2. The van der Waals surface area contributed by atoms with Gasteiger partial charge in [-0.2, -0.15) is 0 Å². The highest BCUT2D eigenvalue weighted by Crippen LogP contribution is 2.27. The zero-order valence-corrected chi connectivity index (χ0v) is 12.2. The van der Waals surface area contributed by atoms with E-state index >= 15 is 0 Å². The standard InChI is InChI=1S/C13H14Cl2N2O2/c1-16-7-6-10(13(16)19)17(2)12(18)8-4-3-5-9(14)11(8)15/h3-5,10H,6-7H2,1-2H3. The van der Waals surface area contributed by atoms with Gasteiger partial charge in [0, 0.05) is 20.6 Å². The normalized spacial score (nSPS) is 18.8. The Bertz CT molecular complexity index is 533. The van der Waals surface area contributed by atoms with Gasteiger partial charge in [-0.1, -0.05) is 29.3 Å². The van der Waals surface area contributed by atoms with E-state index in [0.29, 0.717) is 23.6 Å². The fourth-order valence-corrected chi connectivity index (χ4v) is 2.55. The highest BCUT2D eigenvalue weighted by atomic mass is 35.5. The van der Waals surface area contributed by atoms with Crippen LogP contribution in [0.25, 0.3) is 0 Å². The number of rotatable bonds is 2. The number of nitrogens with zero attached hydrogens (tertiary/aromatic N) is 2. The molecule has 1 aromatic carbocycles. The predicted molar refractivity (Wildman–Crippen MR) is 74.6 cm³/mol. The Morgan fingerprint density at radius 3 is 2.68 bits per heavy atom. The second-order valence-electron chi connectivity index (χ2n) is 4.58. The van der Waals surface area contributed by atoms with Crippen molar-refractivity contribution in [2.45, 2.75) is 12.5 Å². The van der Waals surface area contributed by atoms with E-state index in [2.05, 4.69) is 0 Å². The van der Waals surface area contributed by atoms with E-state index in [9.17, 15) is 9.59 Å². The maximum atomic E-state index is 12.4. The predicted octanol–water partition coefficient (Wildman–Crippen LogP) is 2.30. The van der Waals surface area contributed by atoms with Gasteiger partial charge in [0.1, 0.15) is 6.04 Å². The van der Waals surface area contributed by atoms with E-state index in [1.165, 1.54) is 4.90 Å². The smallest absolute Gasteiger partial charge is 0.255 e. The van der Waals surface area contributed by atoms with E-state index < -0.39 is 6.04 Å². The van der Waals surface area contributed by atoms with Crippen LogP contribution in [0.4, 0.5) is 0 Å². The van der Waals surface area contributed by atoms with Gasteiger partial charge in [-0.3, -0.25) is 9.59 Å². The van der Waals surface area contributed by atoms with Crippen molar-refractivity contribution < 1.29 is 9.59 Å². The van der Waals surface area contributed by atoms with Gasteiger partial charge in [0.25, 0.3) is 5.91 Å². The first-order valence-corrected chi connectivity index (χ1v) is 6.65. The van der Waals surface area contributed by atoms with Crippen molar-refractivity contribution in [1.82, 2.24) is 9.80 Å². The third-order valence-corrected chi connectivity index (χ3v) is 4.19. The molecule has 0 bridgehead atoms. The van der Waals surface area contributed by atoms with Crippen molar-refractivity contribution in [3.05, 3.63) is 33.8 Å². The molecule has 1 aromatic rings. The minimum absolute atomic E-state index is 0.0472. The maximum Gasteiger partial charge on any atom is 0.255 e. The number of hydrogen-bond donors (Lipinski definition) is 0. The summed E-state index contributed by atoms with van der Waals surface area (Å²) in [6, 6.07) is 4.47. The molecule has 1 unspecified atom stereocenters. The van der Waals surface area contributed by atoms with E-state index in [0.717, 1.165) is 0 Å². The lowest BCUT2D eigenvalue weighted by Crippen LogP contribution is -2.42. The van der Waals surface area contributed by atoms with Crippen molar-refractivity contribution in [3.8, 4) is 0 Å². The summed E-state index contributed by atoms with van der Waals surface area (Å²) in [6.45, 7) is 0.657. The van der Waals surface area contributed by atoms with E-state index in [4.69, 9.17) is 23.2 Å². The Balaban J connectivity index is 2.25. The van der Waals surface area contributed by atoms with Crippen molar-refractivity contribution in [2.24, 2.45) is 0 Å². The lowest BCUT2D eigenvalue weighted by Gasteiger charge is -2.23. The van der Waals surface area contributed by atoms with Crippen molar-refractivity contribution in [1.29, 1.82) is 0 Å². The van der Waals surface area contributed by atoms with Crippen molar-refractivity contribution in [2.75, 3.05) is 20.6 Å². The molecule has 0 saturated carbocycles. The Labute approximate surface area is 121 Å². The molecule has 6 heteroatoms. The van der Waals surface area contributed by atoms with Gasteiger partial charge in [0.05, 0.1) is 15.6 Å². The molecule has 1 atom stereocenters. The molecule has 19 heavy (non-hydrogen) atoms. The number of likely N-dealkylation sites (N-methyl/N-ethyl adjacent to an activating group) is 2. The lowest BCUT2D eigenvalue weighted by atomic mass is 10.1. The summed E-state index contributed by atoms with van der Waals surface area (Å²) in [5.41, 5.74) is 0.319. The molecule has 1 fully saturated rings. The maximum absolute atomic E-state index is 12.4. The van der Waals surface area contributed by atoms with Crippen molar-refractivity contribution >= 4 is 35.0 Å². The minimum Gasteiger partial charge on any atom is -0.344 e. The Morgan fingerprint density at radius 2 is 2.11 bits per heavy atom. The fourth-order valence-electron chi connectivity index (χ4n) is 2.16. The molecule has 2 rings (SSSR count). The first-order valence-electron chi connectivity index (χ1n) is 5.89. The summed E-state index contributed by atoms with van der Waals surface area (Å²) < 4.78 is 0. The van der Waals surface area contributed by atoms with Gasteiger partial charge in [-0.25, -0.2) is 0 Å². The summed E-state index contributed by atoms with van der Waals surface area (Å²) >= 11 is 11.9. The van der Waals surface area contributed by atoms with Gasteiger partial charge < -0.3 is 9.80 Å². The van der Waals surface area contributed by atoms with E-state index in [-0.39, 0.29) is 16.8 Å². The first-order chi connectivity index (χ1) is 8.93. The van der Waals surface area contributed by atoms with Crippen LogP contribution in [0.15, 0.2) is 18.2 Å². The van der Waals surface area contributed by atoms with Crippen LogP contribution in [0.1, 0.15) is 16.8 Å². The zero-order valence-electron chi connectivity index (χ0n) is 10.7. The van der Waals surface area contributed by atoms with Gasteiger partial charge in [0.2, 0.25) is 5.91 Å². The summed E-state index contributed by atoms with van der Waals surface area (Å²) in [7, 11) is 3.34. The van der Waals surface area contributed by atoms with Gasteiger partial charge >= 0.3 is 0 Å². The van der Waals surface area contributed by atoms with Crippen LogP contribution in [0.5, 0.6) is 0 Å². The monoisotopic (exact) mass is 300 g/mol. The van der Waals surface area contributed by atoms with Gasteiger partial charge in [-0.15, -0.1) is 0 Å². The summed E-state index contributed by atoms with van der Waals surface area (Å²) in [5, 5.41) is 0.551. The number of amides is 2. The second kappa shape index (κ2) is 5.39. The fraction of sp³-hybridized carbons (Fsp3) is 0.385. The summed E-state index contributed by atoms with van der Waals surface area (Å²) in [6.07, 6.45) is 0.635. The SMILES string of the molecule is CN1CCC(N(C)C(=O)c2cccc(Cl)c2Cl)C1=O. The molecule has 4 nitrogen and oxygen atoms in total. The van der Waals surface area contributed by atoms with Crippen molar-refractivity contribution in [3.63, 3.8) is 0 Å². The van der Waals surface area contributed by atoms with Crippen LogP contribution >= 0.6 is 23.2 Å². The van der Waals surface area contributed by atoms with E-state index in [1.54, 1.807) is 37.2 Å². The molecule has 1 saturated heterocycles. The number of carbonyl (C=O) groups excluding carboxylic acids is 2. The highest BCUT2D eigenvalue weighted by molar-refractivity contribution is 6.43. The third-order valence-electron chi connectivity index (χ3n) is 3.37. The molecule has 0 aromatic heterocycles. The van der Waals surface area contributed by atoms with Crippen LogP contribution < -0.4 is 0 Å². The van der Waals surface area contributed by atoms with Crippen LogP contribution in [0, 0.1) is 0 Å². The first kappa shape index (κ1) is 14.2. The van der Waals surface area contributed by atoms with Crippen LogP contribution in [-0.2, 0) is 4.79 Å². The number of halogens is 2.